The van der Waals surface area contributed by atoms with E-state index < -0.39 is 0 Å². The molecule has 0 N–H and O–H groups in total. The molecule has 3 aliphatic heterocycles. The van der Waals surface area contributed by atoms with Gasteiger partial charge in [-0.2, -0.15) is 0 Å². The van der Waals surface area contributed by atoms with Crippen LogP contribution in [0, 0.1) is 5.92 Å². The van der Waals surface area contributed by atoms with E-state index in [0.29, 0.717) is 0 Å². The molecule has 3 aliphatic rings. The lowest BCUT2D eigenvalue weighted by Crippen LogP contribution is -2.54. The molecule has 132 valence electrons. The predicted molar refractivity (Wildman–Crippen MR) is 93.6 cm³/mol. The molecule has 24 heavy (non-hydrogen) atoms. The van der Waals surface area contributed by atoms with Gasteiger partial charge in [-0.05, 0) is 18.8 Å². The number of nitrogens with zero attached hydrogens (tertiary/aromatic N) is 4. The van der Waals surface area contributed by atoms with E-state index in [9.17, 15) is 0 Å². The molecule has 1 spiro atoms. The molecule has 0 bridgehead atoms. The first-order chi connectivity index (χ1) is 11.7. The number of piperidine rings is 1. The maximum Gasteiger partial charge on any atom is 0.134 e. The summed E-state index contributed by atoms with van der Waals surface area (Å²) in [5.41, 5.74) is -0.0543. The van der Waals surface area contributed by atoms with Gasteiger partial charge in [0.25, 0.3) is 0 Å². The molecule has 1 aromatic heterocycles. The quantitative estimate of drug-likeness (QED) is 0.827. The number of hydrogen-bond acceptors (Lipinski definition) is 6. The van der Waals surface area contributed by atoms with E-state index in [4.69, 9.17) is 9.47 Å². The summed E-state index contributed by atoms with van der Waals surface area (Å²) < 4.78 is 11.7. The zero-order valence-electron chi connectivity index (χ0n) is 14.6. The monoisotopic (exact) mass is 332 g/mol. The molecule has 4 heterocycles. The summed E-state index contributed by atoms with van der Waals surface area (Å²) in [6.07, 6.45) is 6.25. The third kappa shape index (κ3) is 3.35. The molecular formula is C18H28N4O2. The standard InChI is InChI=1S/C18H28N4O2/c1-15-3-2-6-21(12-15)16-11-17(20-14-19-16)22-7-10-24-18(13-22)4-8-23-9-5-18/h11,14-15H,2-10,12-13H2,1H3. The van der Waals surface area contributed by atoms with Gasteiger partial charge < -0.3 is 19.3 Å². The van der Waals surface area contributed by atoms with E-state index in [0.717, 1.165) is 76.4 Å². The van der Waals surface area contributed by atoms with Crippen molar-refractivity contribution >= 4 is 11.6 Å². The SMILES string of the molecule is CC1CCCN(c2cc(N3CCOC4(CCOCC4)C3)ncn2)C1. The van der Waals surface area contributed by atoms with Crippen molar-refractivity contribution in [2.75, 3.05) is 55.8 Å². The second-order valence-corrected chi connectivity index (χ2v) is 7.49. The van der Waals surface area contributed by atoms with E-state index in [2.05, 4.69) is 32.8 Å². The molecule has 3 fully saturated rings. The molecule has 1 atom stereocenters. The highest BCUT2D eigenvalue weighted by atomic mass is 16.5. The van der Waals surface area contributed by atoms with Crippen LogP contribution >= 0.6 is 0 Å². The molecule has 1 aromatic rings. The Morgan fingerprint density at radius 1 is 1.08 bits per heavy atom. The maximum atomic E-state index is 6.14. The topological polar surface area (TPSA) is 50.7 Å². The summed E-state index contributed by atoms with van der Waals surface area (Å²) in [6, 6.07) is 2.16. The van der Waals surface area contributed by atoms with E-state index in [-0.39, 0.29) is 5.60 Å². The molecule has 0 saturated carbocycles. The minimum Gasteiger partial charge on any atom is -0.381 e. The van der Waals surface area contributed by atoms with Gasteiger partial charge in [0.2, 0.25) is 0 Å². The summed E-state index contributed by atoms with van der Waals surface area (Å²) in [5.74, 6) is 2.84. The lowest BCUT2D eigenvalue weighted by atomic mass is 9.92. The molecule has 0 aromatic carbocycles. The molecule has 4 rings (SSSR count). The third-order valence-corrected chi connectivity index (χ3v) is 5.60. The van der Waals surface area contributed by atoms with E-state index in [1.807, 2.05) is 0 Å². The number of aromatic nitrogens is 2. The predicted octanol–water partition coefficient (Wildman–Crippen LogP) is 2.10. The van der Waals surface area contributed by atoms with Crippen LogP contribution in [0.1, 0.15) is 32.6 Å². The number of rotatable bonds is 2. The largest absolute Gasteiger partial charge is 0.381 e. The van der Waals surface area contributed by atoms with Crippen LogP contribution < -0.4 is 9.80 Å². The molecule has 0 amide bonds. The van der Waals surface area contributed by atoms with Crippen LogP contribution in [0.3, 0.4) is 0 Å². The number of hydrogen-bond donors (Lipinski definition) is 0. The van der Waals surface area contributed by atoms with Gasteiger partial charge in [-0.25, -0.2) is 9.97 Å². The Balaban J connectivity index is 1.50. The molecule has 1 unspecified atom stereocenters. The maximum absolute atomic E-state index is 6.14. The number of anilines is 2. The van der Waals surface area contributed by atoms with Crippen molar-refractivity contribution in [3.63, 3.8) is 0 Å². The fourth-order valence-corrected chi connectivity index (χ4v) is 4.17. The zero-order valence-corrected chi connectivity index (χ0v) is 14.6. The second kappa shape index (κ2) is 6.84. The highest BCUT2D eigenvalue weighted by molar-refractivity contribution is 5.51. The number of ether oxygens (including phenoxy) is 2. The van der Waals surface area contributed by atoms with Gasteiger partial charge in [-0.1, -0.05) is 6.92 Å². The van der Waals surface area contributed by atoms with Gasteiger partial charge in [0.1, 0.15) is 18.0 Å². The van der Waals surface area contributed by atoms with Crippen molar-refractivity contribution < 1.29 is 9.47 Å². The summed E-state index contributed by atoms with van der Waals surface area (Å²) in [5, 5.41) is 0. The summed E-state index contributed by atoms with van der Waals surface area (Å²) >= 11 is 0. The highest BCUT2D eigenvalue weighted by Gasteiger charge is 2.38. The third-order valence-electron chi connectivity index (χ3n) is 5.60. The Morgan fingerprint density at radius 3 is 2.67 bits per heavy atom. The van der Waals surface area contributed by atoms with Crippen LogP contribution in [-0.2, 0) is 9.47 Å². The van der Waals surface area contributed by atoms with Crippen molar-refractivity contribution in [1.82, 2.24) is 9.97 Å². The van der Waals surface area contributed by atoms with Crippen LogP contribution in [0.2, 0.25) is 0 Å². The Morgan fingerprint density at radius 2 is 1.88 bits per heavy atom. The van der Waals surface area contributed by atoms with Crippen LogP contribution in [0.5, 0.6) is 0 Å². The van der Waals surface area contributed by atoms with Crippen molar-refractivity contribution in [1.29, 1.82) is 0 Å². The van der Waals surface area contributed by atoms with Gasteiger partial charge in [-0.15, -0.1) is 0 Å². The van der Waals surface area contributed by atoms with Gasteiger partial charge in [0.05, 0.1) is 12.2 Å². The van der Waals surface area contributed by atoms with Crippen LogP contribution in [0.25, 0.3) is 0 Å². The molecule has 3 saturated heterocycles. The van der Waals surface area contributed by atoms with Crippen molar-refractivity contribution in [3.05, 3.63) is 12.4 Å². The lowest BCUT2D eigenvalue weighted by molar-refractivity contribution is -0.116. The first-order valence-electron chi connectivity index (χ1n) is 9.28. The Bertz CT molecular complexity index is 556. The average Bonchev–Trinajstić information content (AvgIpc) is 2.63. The van der Waals surface area contributed by atoms with Crippen LogP contribution in [0.15, 0.2) is 12.4 Å². The minimum absolute atomic E-state index is 0.0543. The Kier molecular flexibility index (Phi) is 4.59. The minimum atomic E-state index is -0.0543. The van der Waals surface area contributed by atoms with Crippen LogP contribution in [-0.4, -0.2) is 61.6 Å². The molecular weight excluding hydrogens is 304 g/mol. The normalized spacial score (nSPS) is 27.5. The summed E-state index contributed by atoms with van der Waals surface area (Å²) in [7, 11) is 0. The van der Waals surface area contributed by atoms with Gasteiger partial charge in [0, 0.05) is 58.3 Å². The molecule has 6 heteroatoms. The molecule has 6 nitrogen and oxygen atoms in total. The van der Waals surface area contributed by atoms with E-state index >= 15 is 0 Å². The van der Waals surface area contributed by atoms with Crippen molar-refractivity contribution in [2.45, 2.75) is 38.2 Å². The zero-order chi connectivity index (χ0) is 16.4. The van der Waals surface area contributed by atoms with Crippen molar-refractivity contribution in [3.8, 4) is 0 Å². The summed E-state index contributed by atoms with van der Waals surface area (Å²) in [6.45, 7) is 8.69. The van der Waals surface area contributed by atoms with Gasteiger partial charge in [0.15, 0.2) is 0 Å². The van der Waals surface area contributed by atoms with Gasteiger partial charge in [-0.3, -0.25) is 0 Å². The Hall–Kier alpha value is -1.40. The van der Waals surface area contributed by atoms with E-state index in [1.165, 1.54) is 12.8 Å². The van der Waals surface area contributed by atoms with Crippen LogP contribution in [0.4, 0.5) is 11.6 Å². The fourth-order valence-electron chi connectivity index (χ4n) is 4.17. The second-order valence-electron chi connectivity index (χ2n) is 7.49. The Labute approximate surface area is 144 Å². The van der Waals surface area contributed by atoms with E-state index in [1.54, 1.807) is 6.33 Å². The lowest BCUT2D eigenvalue weighted by Gasteiger charge is -2.45. The summed E-state index contributed by atoms with van der Waals surface area (Å²) in [4.78, 5) is 13.9. The molecule has 0 aliphatic carbocycles. The van der Waals surface area contributed by atoms with Crippen molar-refractivity contribution in [2.24, 2.45) is 5.92 Å². The van der Waals surface area contributed by atoms with Gasteiger partial charge >= 0.3 is 0 Å². The first-order valence-corrected chi connectivity index (χ1v) is 9.28. The average molecular weight is 332 g/mol. The first kappa shape index (κ1) is 16.1. The smallest absolute Gasteiger partial charge is 0.134 e. The number of morpholine rings is 1. The highest BCUT2D eigenvalue weighted by Crippen LogP contribution is 2.31. The fraction of sp³-hybridized carbons (Fsp3) is 0.778. The molecule has 0 radical (unpaired) electrons.